The van der Waals surface area contributed by atoms with Gasteiger partial charge in [-0.2, -0.15) is 11.3 Å². The number of thiophene rings is 1. The van der Waals surface area contributed by atoms with E-state index in [0.717, 1.165) is 22.5 Å². The fraction of sp³-hybridized carbons (Fsp3) is 0.250. The number of hydrogen-bond donors (Lipinski definition) is 0. The highest BCUT2D eigenvalue weighted by Crippen LogP contribution is 2.29. The molecule has 5 nitrogen and oxygen atoms in total. The zero-order valence-electron chi connectivity index (χ0n) is 15.5. The number of anilines is 1. The number of thiazole rings is 1. The van der Waals surface area contributed by atoms with Crippen molar-refractivity contribution in [1.82, 2.24) is 4.98 Å². The molecule has 1 amide bonds. The molecule has 0 N–H and O–H groups in total. The molecule has 0 fully saturated rings. The summed E-state index contributed by atoms with van der Waals surface area (Å²) in [6.45, 7) is 3.95. The fourth-order valence-electron chi connectivity index (χ4n) is 2.58. The first-order chi connectivity index (χ1) is 13.5. The number of carbonyl (C=O) groups is 2. The third kappa shape index (κ3) is 4.82. The van der Waals surface area contributed by atoms with Gasteiger partial charge in [0.2, 0.25) is 5.91 Å². The van der Waals surface area contributed by atoms with E-state index in [0.29, 0.717) is 15.7 Å². The highest BCUT2D eigenvalue weighted by molar-refractivity contribution is 7.17. The molecule has 0 unspecified atom stereocenters. The molecule has 0 bridgehead atoms. The predicted molar refractivity (Wildman–Crippen MR) is 108 cm³/mol. The number of carbonyl (C=O) groups excluding carboxylic acids is 2. The molecule has 1 aromatic carbocycles. The number of ether oxygens (including phenoxy) is 1. The van der Waals surface area contributed by atoms with Crippen LogP contribution < -0.4 is 4.90 Å². The summed E-state index contributed by atoms with van der Waals surface area (Å²) in [5.41, 5.74) is 2.20. The second kappa shape index (κ2) is 9.07. The minimum absolute atomic E-state index is 0.146. The van der Waals surface area contributed by atoms with Crippen LogP contribution in [0.5, 0.6) is 0 Å². The van der Waals surface area contributed by atoms with Gasteiger partial charge in [0, 0.05) is 0 Å². The third-order valence-electron chi connectivity index (χ3n) is 3.97. The maximum atomic E-state index is 13.2. The van der Waals surface area contributed by atoms with Crippen LogP contribution in [0.25, 0.3) is 0 Å². The maximum absolute atomic E-state index is 13.2. The summed E-state index contributed by atoms with van der Waals surface area (Å²) >= 11 is 2.65. The van der Waals surface area contributed by atoms with E-state index >= 15 is 0 Å². The lowest BCUT2D eigenvalue weighted by atomic mass is 10.2. The van der Waals surface area contributed by atoms with Crippen LogP contribution in [-0.2, 0) is 22.5 Å². The SMILES string of the molecule is CCOC(=O)c1sc(N(Cc2ccc(F)cc2)C(=O)Cc2ccsc2)nc1C. The number of aromatic nitrogens is 1. The van der Waals surface area contributed by atoms with Gasteiger partial charge < -0.3 is 4.74 Å². The van der Waals surface area contributed by atoms with Crippen LogP contribution in [0, 0.1) is 12.7 Å². The first-order valence-corrected chi connectivity index (χ1v) is 10.4. The zero-order valence-corrected chi connectivity index (χ0v) is 17.1. The van der Waals surface area contributed by atoms with E-state index < -0.39 is 5.97 Å². The van der Waals surface area contributed by atoms with Crippen LogP contribution in [0.1, 0.15) is 33.4 Å². The molecule has 0 radical (unpaired) electrons. The molecule has 0 atom stereocenters. The Morgan fingerprint density at radius 2 is 1.93 bits per heavy atom. The van der Waals surface area contributed by atoms with Crippen molar-refractivity contribution < 1.29 is 18.7 Å². The first kappa shape index (κ1) is 20.2. The number of esters is 1. The second-order valence-corrected chi connectivity index (χ2v) is 7.80. The summed E-state index contributed by atoms with van der Waals surface area (Å²) in [6, 6.07) is 7.87. The minimum atomic E-state index is -0.448. The van der Waals surface area contributed by atoms with Crippen LogP contribution >= 0.6 is 22.7 Å². The molecule has 0 aliphatic heterocycles. The van der Waals surface area contributed by atoms with Gasteiger partial charge in [-0.05, 0) is 53.9 Å². The molecule has 0 spiro atoms. The van der Waals surface area contributed by atoms with Crippen molar-refractivity contribution in [2.45, 2.75) is 26.8 Å². The van der Waals surface area contributed by atoms with Crippen LogP contribution in [0.2, 0.25) is 0 Å². The highest BCUT2D eigenvalue weighted by Gasteiger charge is 2.24. The largest absolute Gasteiger partial charge is 0.462 e. The molecule has 0 saturated carbocycles. The summed E-state index contributed by atoms with van der Waals surface area (Å²) in [5.74, 6) is -0.933. The molecule has 0 aliphatic rings. The topological polar surface area (TPSA) is 59.5 Å². The van der Waals surface area contributed by atoms with E-state index in [4.69, 9.17) is 4.74 Å². The van der Waals surface area contributed by atoms with Gasteiger partial charge in [-0.1, -0.05) is 23.5 Å². The second-order valence-electron chi connectivity index (χ2n) is 6.05. The summed E-state index contributed by atoms with van der Waals surface area (Å²) < 4.78 is 18.3. The van der Waals surface area contributed by atoms with Crippen molar-refractivity contribution in [3.63, 3.8) is 0 Å². The normalized spacial score (nSPS) is 10.7. The number of hydrogen-bond acceptors (Lipinski definition) is 6. The van der Waals surface area contributed by atoms with Crippen LogP contribution in [0.3, 0.4) is 0 Å². The van der Waals surface area contributed by atoms with E-state index in [1.807, 2.05) is 16.8 Å². The summed E-state index contributed by atoms with van der Waals surface area (Å²) in [4.78, 5) is 31.5. The quantitative estimate of drug-likeness (QED) is 0.526. The predicted octanol–water partition coefficient (Wildman–Crippen LogP) is 4.60. The van der Waals surface area contributed by atoms with E-state index in [1.165, 1.54) is 28.4 Å². The van der Waals surface area contributed by atoms with Gasteiger partial charge in [-0.3, -0.25) is 9.69 Å². The number of rotatable bonds is 7. The zero-order chi connectivity index (χ0) is 20.1. The number of halogens is 1. The standard InChI is InChI=1S/C20H19FN2O3S2/c1-3-26-19(25)18-13(2)22-20(28-18)23(11-14-4-6-16(21)7-5-14)17(24)10-15-8-9-27-12-15/h4-9,12H,3,10-11H2,1-2H3. The van der Waals surface area contributed by atoms with Crippen molar-refractivity contribution in [2.24, 2.45) is 0 Å². The molecule has 0 saturated heterocycles. The molecular weight excluding hydrogens is 399 g/mol. The Hall–Kier alpha value is -2.58. The van der Waals surface area contributed by atoms with Gasteiger partial charge in [0.25, 0.3) is 0 Å². The Balaban J connectivity index is 1.91. The number of nitrogens with zero attached hydrogens (tertiary/aromatic N) is 2. The Morgan fingerprint density at radius 1 is 1.18 bits per heavy atom. The van der Waals surface area contributed by atoms with Crippen LogP contribution in [0.4, 0.5) is 9.52 Å². The molecule has 2 heterocycles. The molecule has 146 valence electrons. The van der Waals surface area contributed by atoms with E-state index in [-0.39, 0.29) is 31.3 Å². The Morgan fingerprint density at radius 3 is 2.57 bits per heavy atom. The van der Waals surface area contributed by atoms with Crippen molar-refractivity contribution in [3.05, 3.63) is 68.6 Å². The first-order valence-electron chi connectivity index (χ1n) is 8.68. The van der Waals surface area contributed by atoms with Crippen LogP contribution in [-0.4, -0.2) is 23.5 Å². The van der Waals surface area contributed by atoms with Crippen molar-refractivity contribution in [2.75, 3.05) is 11.5 Å². The lowest BCUT2D eigenvalue weighted by Crippen LogP contribution is -2.31. The minimum Gasteiger partial charge on any atom is -0.462 e. The highest BCUT2D eigenvalue weighted by atomic mass is 32.1. The number of aryl methyl sites for hydroxylation is 1. The van der Waals surface area contributed by atoms with E-state index in [2.05, 4.69) is 4.98 Å². The van der Waals surface area contributed by atoms with Gasteiger partial charge in [-0.15, -0.1) is 0 Å². The molecule has 2 aromatic heterocycles. The molecule has 28 heavy (non-hydrogen) atoms. The lowest BCUT2D eigenvalue weighted by Gasteiger charge is -2.20. The molecule has 3 aromatic rings. The monoisotopic (exact) mass is 418 g/mol. The van der Waals surface area contributed by atoms with Crippen molar-refractivity contribution in [1.29, 1.82) is 0 Å². The molecule has 8 heteroatoms. The van der Waals surface area contributed by atoms with Crippen molar-refractivity contribution in [3.8, 4) is 0 Å². The Kier molecular flexibility index (Phi) is 6.53. The number of benzene rings is 1. The summed E-state index contributed by atoms with van der Waals surface area (Å²) in [7, 11) is 0. The fourth-order valence-corrected chi connectivity index (χ4v) is 4.23. The van der Waals surface area contributed by atoms with Crippen molar-refractivity contribution >= 4 is 39.7 Å². The van der Waals surface area contributed by atoms with Gasteiger partial charge in [0.05, 0.1) is 25.3 Å². The summed E-state index contributed by atoms with van der Waals surface area (Å²) in [5, 5.41) is 4.26. The number of amides is 1. The Bertz CT molecular complexity index is 953. The van der Waals surface area contributed by atoms with Gasteiger partial charge in [0.15, 0.2) is 5.13 Å². The van der Waals surface area contributed by atoms with Gasteiger partial charge >= 0.3 is 5.97 Å². The van der Waals surface area contributed by atoms with Gasteiger partial charge in [0.1, 0.15) is 10.7 Å². The average molecular weight is 419 g/mol. The third-order valence-corrected chi connectivity index (χ3v) is 5.86. The Labute approximate surface area is 170 Å². The smallest absolute Gasteiger partial charge is 0.350 e. The maximum Gasteiger partial charge on any atom is 0.350 e. The lowest BCUT2D eigenvalue weighted by molar-refractivity contribution is -0.118. The van der Waals surface area contributed by atoms with E-state index in [9.17, 15) is 14.0 Å². The molecular formula is C20H19FN2O3S2. The van der Waals surface area contributed by atoms with Crippen LogP contribution in [0.15, 0.2) is 41.1 Å². The average Bonchev–Trinajstić information content (AvgIpc) is 3.31. The van der Waals surface area contributed by atoms with E-state index in [1.54, 1.807) is 26.0 Å². The molecule has 3 rings (SSSR count). The molecule has 0 aliphatic carbocycles. The summed E-state index contributed by atoms with van der Waals surface area (Å²) in [6.07, 6.45) is 0.220. The van der Waals surface area contributed by atoms with Gasteiger partial charge in [-0.25, -0.2) is 14.2 Å².